The van der Waals surface area contributed by atoms with E-state index >= 15 is 0 Å². The highest BCUT2D eigenvalue weighted by atomic mass is 16.5. The molecule has 0 amide bonds. The number of nitrogens with one attached hydrogen (secondary N) is 1. The molecule has 1 heterocycles. The Balaban J connectivity index is 2.67. The summed E-state index contributed by atoms with van der Waals surface area (Å²) in [7, 11) is 0. The van der Waals surface area contributed by atoms with Crippen LogP contribution in [0, 0.1) is 11.3 Å². The van der Waals surface area contributed by atoms with Crippen LogP contribution in [0.5, 0.6) is 5.75 Å². The van der Waals surface area contributed by atoms with Gasteiger partial charge in [0.2, 0.25) is 0 Å². The van der Waals surface area contributed by atoms with Crippen molar-refractivity contribution in [1.29, 1.82) is 5.26 Å². The van der Waals surface area contributed by atoms with E-state index in [0.717, 1.165) is 5.52 Å². The summed E-state index contributed by atoms with van der Waals surface area (Å²) in [6, 6.07) is 7.34. The van der Waals surface area contributed by atoms with Crippen molar-refractivity contribution in [3.8, 4) is 11.8 Å². The van der Waals surface area contributed by atoms with Crippen LogP contribution in [0.4, 0.5) is 0 Å². The molecular weight excluding hydrogens is 192 g/mol. The summed E-state index contributed by atoms with van der Waals surface area (Å²) in [4.78, 5) is 13.8. The Kier molecular flexibility index (Phi) is 2.14. The van der Waals surface area contributed by atoms with Crippen LogP contribution >= 0.6 is 0 Å². The zero-order valence-electron chi connectivity index (χ0n) is 8.07. The van der Waals surface area contributed by atoms with Crippen molar-refractivity contribution in [3.63, 3.8) is 0 Å². The van der Waals surface area contributed by atoms with E-state index < -0.39 is 5.97 Å². The number of benzene rings is 1. The molecule has 1 N–H and O–H groups in total. The number of fused-ring (bicyclic) bond motifs is 1. The van der Waals surface area contributed by atoms with Gasteiger partial charge in [-0.1, -0.05) is 6.07 Å². The summed E-state index contributed by atoms with van der Waals surface area (Å²) in [5, 5.41) is 9.56. The summed E-state index contributed by atoms with van der Waals surface area (Å²) in [6.45, 7) is 1.33. The van der Waals surface area contributed by atoms with Crippen LogP contribution in [-0.2, 0) is 4.79 Å². The van der Waals surface area contributed by atoms with Crippen LogP contribution in [0.25, 0.3) is 10.9 Å². The number of hydrogen-bond donors (Lipinski definition) is 1. The van der Waals surface area contributed by atoms with Gasteiger partial charge in [0.25, 0.3) is 0 Å². The van der Waals surface area contributed by atoms with Crippen molar-refractivity contribution in [2.24, 2.45) is 0 Å². The molecule has 0 bridgehead atoms. The van der Waals surface area contributed by atoms with E-state index in [9.17, 15) is 4.79 Å². The van der Waals surface area contributed by atoms with Crippen LogP contribution in [0.3, 0.4) is 0 Å². The number of esters is 1. The zero-order chi connectivity index (χ0) is 10.8. The second-order valence-corrected chi connectivity index (χ2v) is 3.09. The number of carbonyl (C=O) groups is 1. The van der Waals surface area contributed by atoms with Crippen LogP contribution < -0.4 is 4.74 Å². The molecule has 0 aliphatic carbocycles. The van der Waals surface area contributed by atoms with Crippen LogP contribution in [0.2, 0.25) is 0 Å². The van der Waals surface area contributed by atoms with E-state index in [0.29, 0.717) is 16.7 Å². The van der Waals surface area contributed by atoms with Gasteiger partial charge in [0, 0.05) is 13.1 Å². The first-order valence-corrected chi connectivity index (χ1v) is 4.41. The second kappa shape index (κ2) is 3.46. The van der Waals surface area contributed by atoms with Crippen molar-refractivity contribution in [2.45, 2.75) is 6.92 Å². The minimum Gasteiger partial charge on any atom is -0.424 e. The van der Waals surface area contributed by atoms with Gasteiger partial charge < -0.3 is 9.72 Å². The first-order chi connectivity index (χ1) is 7.22. The van der Waals surface area contributed by atoms with Crippen molar-refractivity contribution in [3.05, 3.63) is 30.0 Å². The number of hydrogen-bond acceptors (Lipinski definition) is 3. The third-order valence-electron chi connectivity index (χ3n) is 2.04. The molecule has 15 heavy (non-hydrogen) atoms. The molecule has 1 aromatic heterocycles. The fraction of sp³-hybridized carbons (Fsp3) is 0.0909. The summed E-state index contributed by atoms with van der Waals surface area (Å²) in [5.41, 5.74) is 1.27. The maximum atomic E-state index is 10.8. The molecule has 74 valence electrons. The van der Waals surface area contributed by atoms with Gasteiger partial charge in [-0.2, -0.15) is 5.26 Å². The maximum Gasteiger partial charge on any atom is 0.308 e. The van der Waals surface area contributed by atoms with Crippen molar-refractivity contribution >= 4 is 16.9 Å². The van der Waals surface area contributed by atoms with Crippen molar-refractivity contribution in [1.82, 2.24) is 4.98 Å². The number of carbonyl (C=O) groups excluding carboxylic acids is 1. The van der Waals surface area contributed by atoms with Crippen LogP contribution in [0.15, 0.2) is 24.4 Å². The zero-order valence-corrected chi connectivity index (χ0v) is 8.07. The van der Waals surface area contributed by atoms with Gasteiger partial charge >= 0.3 is 5.97 Å². The van der Waals surface area contributed by atoms with Gasteiger partial charge in [0.05, 0.1) is 22.5 Å². The summed E-state index contributed by atoms with van der Waals surface area (Å²) >= 11 is 0. The monoisotopic (exact) mass is 200 g/mol. The number of ether oxygens (including phenoxy) is 1. The first-order valence-electron chi connectivity index (χ1n) is 4.41. The quantitative estimate of drug-likeness (QED) is 0.715. The van der Waals surface area contributed by atoms with Gasteiger partial charge in [-0.15, -0.1) is 0 Å². The lowest BCUT2D eigenvalue weighted by Crippen LogP contribution is -2.00. The Labute approximate surface area is 86.1 Å². The maximum absolute atomic E-state index is 10.8. The fourth-order valence-corrected chi connectivity index (χ4v) is 1.48. The number of aromatic nitrogens is 1. The lowest BCUT2D eigenvalue weighted by atomic mass is 10.1. The van der Waals surface area contributed by atoms with Crippen molar-refractivity contribution < 1.29 is 9.53 Å². The molecule has 4 nitrogen and oxygen atoms in total. The first kappa shape index (κ1) is 9.28. The Bertz CT molecular complexity index is 563. The van der Waals surface area contributed by atoms with E-state index in [-0.39, 0.29) is 0 Å². The summed E-state index contributed by atoms with van der Waals surface area (Å²) in [6.07, 6.45) is 1.58. The lowest BCUT2D eigenvalue weighted by molar-refractivity contribution is -0.131. The van der Waals surface area contributed by atoms with E-state index in [4.69, 9.17) is 10.00 Å². The fourth-order valence-electron chi connectivity index (χ4n) is 1.48. The summed E-state index contributed by atoms with van der Waals surface area (Å²) < 4.78 is 4.99. The molecule has 0 spiro atoms. The largest absolute Gasteiger partial charge is 0.424 e. The molecule has 0 saturated carbocycles. The van der Waals surface area contributed by atoms with E-state index in [1.165, 1.54) is 6.92 Å². The second-order valence-electron chi connectivity index (χ2n) is 3.09. The number of H-pyrrole nitrogens is 1. The van der Waals surface area contributed by atoms with Gasteiger partial charge in [-0.25, -0.2) is 0 Å². The highest BCUT2D eigenvalue weighted by molar-refractivity contribution is 5.93. The highest BCUT2D eigenvalue weighted by Gasteiger charge is 2.10. The van der Waals surface area contributed by atoms with Gasteiger partial charge in [0.1, 0.15) is 0 Å². The van der Waals surface area contributed by atoms with Crippen LogP contribution in [0.1, 0.15) is 12.5 Å². The molecule has 0 saturated heterocycles. The molecule has 1 aromatic carbocycles. The van der Waals surface area contributed by atoms with Gasteiger partial charge in [0.15, 0.2) is 5.75 Å². The Morgan fingerprint density at radius 3 is 3.00 bits per heavy atom. The summed E-state index contributed by atoms with van der Waals surface area (Å²) in [5.74, 6) is -0.00158. The smallest absolute Gasteiger partial charge is 0.308 e. The van der Waals surface area contributed by atoms with Gasteiger partial charge in [-0.05, 0) is 12.1 Å². The van der Waals surface area contributed by atoms with E-state index in [2.05, 4.69) is 11.1 Å². The molecule has 4 heteroatoms. The van der Waals surface area contributed by atoms with Crippen molar-refractivity contribution in [2.75, 3.05) is 0 Å². The molecule has 2 aromatic rings. The number of nitrogens with zero attached hydrogens (tertiary/aromatic N) is 1. The van der Waals surface area contributed by atoms with E-state index in [1.54, 1.807) is 18.3 Å². The molecule has 0 fully saturated rings. The molecule has 0 aliphatic rings. The standard InChI is InChI=1S/C11H8N2O2/c1-7(14)15-10-6-13-9-4-2-3-8(5-12)11(9)10/h2-4,6,13H,1H3. The lowest BCUT2D eigenvalue weighted by Gasteiger charge is -1.99. The SMILES string of the molecule is CC(=O)Oc1c[nH]c2cccc(C#N)c12. The molecule has 0 radical (unpaired) electrons. The van der Waals surface area contributed by atoms with Gasteiger partial charge in [-0.3, -0.25) is 4.79 Å². The molecule has 0 unspecified atom stereocenters. The minimum atomic E-state index is -0.399. The molecular formula is C11H8N2O2. The molecule has 0 atom stereocenters. The Morgan fingerprint density at radius 1 is 1.53 bits per heavy atom. The average Bonchev–Trinajstić information content (AvgIpc) is 2.61. The topological polar surface area (TPSA) is 65.9 Å². The molecule has 2 rings (SSSR count). The highest BCUT2D eigenvalue weighted by Crippen LogP contribution is 2.28. The Hall–Kier alpha value is -2.28. The predicted octanol–water partition coefficient (Wildman–Crippen LogP) is 1.96. The third kappa shape index (κ3) is 1.55. The normalized spacial score (nSPS) is 9.87. The van der Waals surface area contributed by atoms with Crippen LogP contribution in [-0.4, -0.2) is 11.0 Å². The number of nitriles is 1. The molecule has 0 aliphatic heterocycles. The Morgan fingerprint density at radius 2 is 2.33 bits per heavy atom. The number of rotatable bonds is 1. The third-order valence-corrected chi connectivity index (χ3v) is 2.04. The average molecular weight is 200 g/mol. The predicted molar refractivity (Wildman–Crippen MR) is 54.3 cm³/mol. The minimum absolute atomic E-state index is 0.398. The van der Waals surface area contributed by atoms with E-state index in [1.807, 2.05) is 6.07 Å². The number of aromatic amines is 1.